The number of rotatable bonds is 3. The fourth-order valence-corrected chi connectivity index (χ4v) is 2.80. The van der Waals surface area contributed by atoms with Crippen molar-refractivity contribution in [2.24, 2.45) is 0 Å². The highest BCUT2D eigenvalue weighted by atomic mass is 35.5. The second-order valence-electron chi connectivity index (χ2n) is 6.63. The third kappa shape index (κ3) is 3.03. The molecule has 0 fully saturated rings. The van der Waals surface area contributed by atoms with Crippen molar-refractivity contribution in [3.05, 3.63) is 52.4 Å². The molecule has 1 aromatic heterocycles. The second kappa shape index (κ2) is 5.30. The molecule has 0 spiro atoms. The molecule has 1 unspecified atom stereocenters. The van der Waals surface area contributed by atoms with E-state index in [0.29, 0.717) is 11.1 Å². The van der Waals surface area contributed by atoms with Crippen LogP contribution < -0.4 is 5.32 Å². The molecule has 3 nitrogen and oxygen atoms in total. The number of anilines is 1. The predicted octanol–water partition coefficient (Wildman–Crippen LogP) is 4.18. The Morgan fingerprint density at radius 1 is 1.24 bits per heavy atom. The summed E-state index contributed by atoms with van der Waals surface area (Å²) in [6.07, 6.45) is 1.13. The number of fused-ring (bicyclic) bond motifs is 1. The molecule has 21 heavy (non-hydrogen) atoms. The van der Waals surface area contributed by atoms with Crippen LogP contribution in [-0.4, -0.2) is 16.5 Å². The molecule has 0 bridgehead atoms. The Labute approximate surface area is 130 Å². The summed E-state index contributed by atoms with van der Waals surface area (Å²) in [7, 11) is 0. The van der Waals surface area contributed by atoms with Crippen LogP contribution in [0.1, 0.15) is 43.6 Å². The number of hydrogen-bond acceptors (Lipinski definition) is 3. The summed E-state index contributed by atoms with van der Waals surface area (Å²) in [5.41, 5.74) is 2.80. The molecule has 1 aliphatic carbocycles. The summed E-state index contributed by atoms with van der Waals surface area (Å²) in [4.78, 5) is 8.90. The van der Waals surface area contributed by atoms with Crippen LogP contribution in [0, 0.1) is 0 Å². The lowest BCUT2D eigenvalue weighted by Gasteiger charge is -2.30. The maximum Gasteiger partial charge on any atom is 0.137 e. The molecule has 1 heterocycles. The van der Waals surface area contributed by atoms with Crippen molar-refractivity contribution >= 4 is 17.4 Å². The van der Waals surface area contributed by atoms with E-state index >= 15 is 0 Å². The Morgan fingerprint density at radius 2 is 2.00 bits per heavy atom. The van der Waals surface area contributed by atoms with Crippen LogP contribution >= 0.6 is 11.6 Å². The molecule has 1 N–H and O–H groups in total. The SMILES string of the molecule is CC(C)(C)c1nc(Cl)cc(NCC2Cc3ccccc32)n1. The molecule has 1 aromatic carbocycles. The molecular formula is C17H20ClN3. The first-order valence-electron chi connectivity index (χ1n) is 7.30. The minimum absolute atomic E-state index is 0.107. The predicted molar refractivity (Wildman–Crippen MR) is 87.1 cm³/mol. The van der Waals surface area contributed by atoms with Gasteiger partial charge in [0.2, 0.25) is 0 Å². The second-order valence-corrected chi connectivity index (χ2v) is 7.02. The molecule has 0 amide bonds. The molecule has 2 aromatic rings. The number of hydrogen-bond donors (Lipinski definition) is 1. The van der Waals surface area contributed by atoms with Crippen molar-refractivity contribution < 1.29 is 0 Å². The zero-order chi connectivity index (χ0) is 15.0. The lowest BCUT2D eigenvalue weighted by molar-refractivity contribution is 0.545. The third-order valence-electron chi connectivity index (χ3n) is 3.86. The van der Waals surface area contributed by atoms with Crippen LogP contribution in [0.4, 0.5) is 5.82 Å². The highest BCUT2D eigenvalue weighted by molar-refractivity contribution is 6.29. The van der Waals surface area contributed by atoms with Gasteiger partial charge in [0.15, 0.2) is 0 Å². The van der Waals surface area contributed by atoms with Crippen molar-refractivity contribution in [1.29, 1.82) is 0 Å². The Hall–Kier alpha value is -1.61. The summed E-state index contributed by atoms with van der Waals surface area (Å²) in [5, 5.41) is 3.90. The van der Waals surface area contributed by atoms with Gasteiger partial charge in [0.05, 0.1) is 0 Å². The quantitative estimate of drug-likeness (QED) is 0.864. The molecule has 3 rings (SSSR count). The van der Waals surface area contributed by atoms with E-state index in [1.165, 1.54) is 11.1 Å². The van der Waals surface area contributed by atoms with Crippen LogP contribution in [0.2, 0.25) is 5.15 Å². The van der Waals surface area contributed by atoms with Gasteiger partial charge in [-0.3, -0.25) is 0 Å². The van der Waals surface area contributed by atoms with Gasteiger partial charge in [-0.05, 0) is 17.5 Å². The van der Waals surface area contributed by atoms with E-state index in [2.05, 4.69) is 60.3 Å². The molecule has 110 valence electrons. The van der Waals surface area contributed by atoms with Gasteiger partial charge in [-0.15, -0.1) is 0 Å². The molecule has 0 aliphatic heterocycles. The molecule has 1 atom stereocenters. The summed E-state index contributed by atoms with van der Waals surface area (Å²) < 4.78 is 0. The van der Waals surface area contributed by atoms with Crippen molar-refractivity contribution in [3.8, 4) is 0 Å². The smallest absolute Gasteiger partial charge is 0.137 e. The molecule has 4 heteroatoms. The Balaban J connectivity index is 1.71. The molecule has 0 radical (unpaired) electrons. The van der Waals surface area contributed by atoms with Crippen LogP contribution in [0.25, 0.3) is 0 Å². The van der Waals surface area contributed by atoms with Gasteiger partial charge in [0.25, 0.3) is 0 Å². The highest BCUT2D eigenvalue weighted by Crippen LogP contribution is 2.34. The summed E-state index contributed by atoms with van der Waals surface area (Å²) >= 11 is 6.11. The largest absolute Gasteiger partial charge is 0.369 e. The molecule has 0 saturated heterocycles. The van der Waals surface area contributed by atoms with Crippen molar-refractivity contribution in [2.75, 3.05) is 11.9 Å². The first-order valence-corrected chi connectivity index (χ1v) is 7.68. The minimum atomic E-state index is -0.107. The Kier molecular flexibility index (Phi) is 3.62. The van der Waals surface area contributed by atoms with E-state index in [4.69, 9.17) is 11.6 Å². The third-order valence-corrected chi connectivity index (χ3v) is 4.05. The topological polar surface area (TPSA) is 37.8 Å². The number of halogens is 1. The monoisotopic (exact) mass is 301 g/mol. The zero-order valence-electron chi connectivity index (χ0n) is 12.7. The van der Waals surface area contributed by atoms with Gasteiger partial charge in [0, 0.05) is 23.9 Å². The van der Waals surface area contributed by atoms with Crippen LogP contribution in [-0.2, 0) is 11.8 Å². The van der Waals surface area contributed by atoms with E-state index in [0.717, 1.165) is 24.6 Å². The lowest BCUT2D eigenvalue weighted by atomic mass is 9.77. The maximum absolute atomic E-state index is 6.11. The minimum Gasteiger partial charge on any atom is -0.369 e. The fraction of sp³-hybridized carbons (Fsp3) is 0.412. The van der Waals surface area contributed by atoms with Gasteiger partial charge in [0.1, 0.15) is 16.8 Å². The van der Waals surface area contributed by atoms with E-state index in [1.54, 1.807) is 6.07 Å². The maximum atomic E-state index is 6.11. The van der Waals surface area contributed by atoms with Crippen molar-refractivity contribution in [1.82, 2.24) is 9.97 Å². The van der Waals surface area contributed by atoms with E-state index in [-0.39, 0.29) is 5.41 Å². The number of nitrogens with one attached hydrogen (secondary N) is 1. The number of aromatic nitrogens is 2. The van der Waals surface area contributed by atoms with Crippen molar-refractivity contribution in [2.45, 2.75) is 38.5 Å². The molecule has 0 saturated carbocycles. The van der Waals surface area contributed by atoms with Gasteiger partial charge in [-0.2, -0.15) is 0 Å². The zero-order valence-corrected chi connectivity index (χ0v) is 13.4. The van der Waals surface area contributed by atoms with Gasteiger partial charge in [-0.25, -0.2) is 9.97 Å². The fourth-order valence-electron chi connectivity index (χ4n) is 2.62. The van der Waals surface area contributed by atoms with Gasteiger partial charge >= 0.3 is 0 Å². The van der Waals surface area contributed by atoms with Gasteiger partial charge < -0.3 is 5.32 Å². The lowest BCUT2D eigenvalue weighted by Crippen LogP contribution is -2.25. The van der Waals surface area contributed by atoms with E-state index in [9.17, 15) is 0 Å². The van der Waals surface area contributed by atoms with Crippen LogP contribution in [0.5, 0.6) is 0 Å². The average molecular weight is 302 g/mol. The highest BCUT2D eigenvalue weighted by Gasteiger charge is 2.25. The van der Waals surface area contributed by atoms with E-state index in [1.807, 2.05) is 0 Å². The first kappa shape index (κ1) is 14.3. The molecule has 1 aliphatic rings. The Bertz CT molecular complexity index is 661. The van der Waals surface area contributed by atoms with Crippen molar-refractivity contribution in [3.63, 3.8) is 0 Å². The summed E-state index contributed by atoms with van der Waals surface area (Å²) in [6, 6.07) is 10.4. The average Bonchev–Trinajstić information content (AvgIpc) is 2.38. The standard InChI is InChI=1S/C17H20ClN3/c1-17(2,3)16-20-14(18)9-15(21-16)19-10-12-8-11-6-4-5-7-13(11)12/h4-7,9,12H,8,10H2,1-3H3,(H,19,20,21). The number of nitrogens with zero attached hydrogens (tertiary/aromatic N) is 2. The van der Waals surface area contributed by atoms with Crippen LogP contribution in [0.15, 0.2) is 30.3 Å². The first-order chi connectivity index (χ1) is 9.93. The van der Waals surface area contributed by atoms with Gasteiger partial charge in [-0.1, -0.05) is 56.6 Å². The molecular weight excluding hydrogens is 282 g/mol. The normalized spacial score (nSPS) is 17.0. The number of benzene rings is 1. The van der Waals surface area contributed by atoms with Crippen LogP contribution in [0.3, 0.4) is 0 Å². The summed E-state index contributed by atoms with van der Waals surface area (Å²) in [6.45, 7) is 7.15. The summed E-state index contributed by atoms with van der Waals surface area (Å²) in [5.74, 6) is 2.14. The van der Waals surface area contributed by atoms with E-state index < -0.39 is 0 Å². The Morgan fingerprint density at radius 3 is 2.71 bits per heavy atom.